The molecule has 5 heteroatoms. The fourth-order valence-electron chi connectivity index (χ4n) is 0.620. The zero-order chi connectivity index (χ0) is 9.56. The number of rotatable bonds is 4. The van der Waals surface area contributed by atoms with Gasteiger partial charge < -0.3 is 10.1 Å². The number of amides is 1. The van der Waals surface area contributed by atoms with Gasteiger partial charge in [-0.1, -0.05) is 15.9 Å². The average molecular weight is 238 g/mol. The SMILES string of the molecule is CC(=O)NC[C@@H](CBr)OC(C)=O. The maximum atomic E-state index is 10.5. The van der Waals surface area contributed by atoms with E-state index in [9.17, 15) is 9.59 Å². The zero-order valence-corrected chi connectivity index (χ0v) is 8.68. The van der Waals surface area contributed by atoms with Gasteiger partial charge in [-0.2, -0.15) is 0 Å². The van der Waals surface area contributed by atoms with Crippen molar-refractivity contribution in [3.05, 3.63) is 0 Å². The summed E-state index contributed by atoms with van der Waals surface area (Å²) in [6.45, 7) is 3.10. The Morgan fingerprint density at radius 3 is 2.42 bits per heavy atom. The van der Waals surface area contributed by atoms with E-state index in [0.29, 0.717) is 11.9 Å². The number of ether oxygens (including phenoxy) is 1. The van der Waals surface area contributed by atoms with E-state index in [1.54, 1.807) is 0 Å². The molecule has 12 heavy (non-hydrogen) atoms. The quantitative estimate of drug-likeness (QED) is 0.571. The van der Waals surface area contributed by atoms with Crippen LogP contribution in [0.3, 0.4) is 0 Å². The first kappa shape index (κ1) is 11.4. The molecule has 1 atom stereocenters. The zero-order valence-electron chi connectivity index (χ0n) is 7.09. The number of carbonyl (C=O) groups excluding carboxylic acids is 2. The van der Waals surface area contributed by atoms with Crippen LogP contribution in [0.25, 0.3) is 0 Å². The molecule has 1 N–H and O–H groups in total. The van der Waals surface area contributed by atoms with Crippen LogP contribution in [0, 0.1) is 0 Å². The minimum atomic E-state index is -0.343. The third kappa shape index (κ3) is 6.15. The molecule has 0 aliphatic rings. The van der Waals surface area contributed by atoms with Gasteiger partial charge in [0.15, 0.2) is 0 Å². The summed E-state index contributed by atoms with van der Waals surface area (Å²) in [5.41, 5.74) is 0. The number of hydrogen-bond acceptors (Lipinski definition) is 3. The molecule has 70 valence electrons. The second-order valence-corrected chi connectivity index (χ2v) is 2.97. The molecule has 0 saturated heterocycles. The van der Waals surface area contributed by atoms with Crippen LogP contribution in [0.1, 0.15) is 13.8 Å². The van der Waals surface area contributed by atoms with Crippen molar-refractivity contribution in [2.24, 2.45) is 0 Å². The first-order valence-electron chi connectivity index (χ1n) is 3.54. The highest BCUT2D eigenvalue weighted by Crippen LogP contribution is 1.96. The van der Waals surface area contributed by atoms with E-state index >= 15 is 0 Å². The van der Waals surface area contributed by atoms with E-state index in [1.807, 2.05) is 0 Å². The lowest BCUT2D eigenvalue weighted by Gasteiger charge is -2.13. The number of hydrogen-bond donors (Lipinski definition) is 1. The van der Waals surface area contributed by atoms with Crippen LogP contribution in [-0.2, 0) is 14.3 Å². The van der Waals surface area contributed by atoms with Crippen LogP contribution < -0.4 is 5.32 Å². The summed E-state index contributed by atoms with van der Waals surface area (Å²) in [7, 11) is 0. The normalized spacial score (nSPS) is 11.9. The molecule has 0 rings (SSSR count). The first-order valence-corrected chi connectivity index (χ1v) is 4.66. The number of esters is 1. The molecule has 0 spiro atoms. The van der Waals surface area contributed by atoms with Gasteiger partial charge in [-0.25, -0.2) is 0 Å². The van der Waals surface area contributed by atoms with E-state index < -0.39 is 0 Å². The fraction of sp³-hybridized carbons (Fsp3) is 0.714. The van der Waals surface area contributed by atoms with Crippen LogP contribution in [0.15, 0.2) is 0 Å². The Morgan fingerprint density at radius 1 is 1.50 bits per heavy atom. The molecular weight excluding hydrogens is 226 g/mol. The molecule has 4 nitrogen and oxygen atoms in total. The Bertz CT molecular complexity index is 172. The van der Waals surface area contributed by atoms with Gasteiger partial charge >= 0.3 is 5.97 Å². The molecule has 0 radical (unpaired) electrons. The van der Waals surface area contributed by atoms with Crippen LogP contribution in [-0.4, -0.2) is 29.9 Å². The molecule has 0 bridgehead atoms. The molecule has 0 aromatic carbocycles. The van der Waals surface area contributed by atoms with Crippen molar-refractivity contribution in [3.63, 3.8) is 0 Å². The number of carbonyl (C=O) groups is 2. The van der Waals surface area contributed by atoms with Gasteiger partial charge in [-0.3, -0.25) is 9.59 Å². The second-order valence-electron chi connectivity index (χ2n) is 2.32. The van der Waals surface area contributed by atoms with Crippen molar-refractivity contribution in [1.29, 1.82) is 0 Å². The molecule has 0 aromatic heterocycles. The number of nitrogens with one attached hydrogen (secondary N) is 1. The van der Waals surface area contributed by atoms with Gasteiger partial charge in [-0.15, -0.1) is 0 Å². The molecule has 0 heterocycles. The van der Waals surface area contributed by atoms with E-state index in [0.717, 1.165) is 0 Å². The highest BCUT2D eigenvalue weighted by Gasteiger charge is 2.09. The molecule has 0 aromatic rings. The summed E-state index contributed by atoms with van der Waals surface area (Å²) in [4.78, 5) is 21.0. The minimum absolute atomic E-state index is 0.131. The Hall–Kier alpha value is -0.580. The van der Waals surface area contributed by atoms with Gasteiger partial charge in [0.05, 0.1) is 6.54 Å². The third-order valence-corrected chi connectivity index (χ3v) is 1.81. The van der Waals surface area contributed by atoms with Crippen molar-refractivity contribution < 1.29 is 14.3 Å². The highest BCUT2D eigenvalue weighted by molar-refractivity contribution is 9.09. The number of alkyl halides is 1. The van der Waals surface area contributed by atoms with Crippen molar-refractivity contribution in [3.8, 4) is 0 Å². The summed E-state index contributed by atoms with van der Waals surface area (Å²) in [5, 5.41) is 3.08. The Kier molecular flexibility index (Phi) is 5.70. The Labute approximate surface area is 79.8 Å². The molecule has 0 fully saturated rings. The second kappa shape index (κ2) is 5.99. The van der Waals surface area contributed by atoms with E-state index in [2.05, 4.69) is 21.2 Å². The van der Waals surface area contributed by atoms with Crippen molar-refractivity contribution >= 4 is 27.8 Å². The van der Waals surface area contributed by atoms with E-state index in [-0.39, 0.29) is 18.0 Å². The Morgan fingerprint density at radius 2 is 2.08 bits per heavy atom. The van der Waals surface area contributed by atoms with E-state index in [4.69, 9.17) is 4.74 Å². The van der Waals surface area contributed by atoms with Crippen molar-refractivity contribution in [2.75, 3.05) is 11.9 Å². The van der Waals surface area contributed by atoms with Crippen LogP contribution in [0.2, 0.25) is 0 Å². The lowest BCUT2D eigenvalue weighted by atomic mass is 10.4. The van der Waals surface area contributed by atoms with Crippen LogP contribution in [0.4, 0.5) is 0 Å². The molecule has 0 saturated carbocycles. The summed E-state index contributed by atoms with van der Waals surface area (Å²) < 4.78 is 4.85. The summed E-state index contributed by atoms with van der Waals surface area (Å²) >= 11 is 3.17. The smallest absolute Gasteiger partial charge is 0.302 e. The average Bonchev–Trinajstić information content (AvgIpc) is 1.97. The molecule has 0 aliphatic heterocycles. The predicted molar refractivity (Wildman–Crippen MR) is 48.0 cm³/mol. The Balaban J connectivity index is 3.67. The maximum absolute atomic E-state index is 10.5. The molecule has 1 amide bonds. The van der Waals surface area contributed by atoms with Gasteiger partial charge in [-0.05, 0) is 0 Å². The predicted octanol–water partition coefficient (Wildman–Crippen LogP) is 0.449. The van der Waals surface area contributed by atoms with E-state index in [1.165, 1.54) is 13.8 Å². The maximum Gasteiger partial charge on any atom is 0.302 e. The van der Waals surface area contributed by atoms with Crippen LogP contribution in [0.5, 0.6) is 0 Å². The fourth-order valence-corrected chi connectivity index (χ4v) is 0.981. The van der Waals surface area contributed by atoms with Gasteiger partial charge in [0.25, 0.3) is 0 Å². The van der Waals surface area contributed by atoms with Gasteiger partial charge in [0.2, 0.25) is 5.91 Å². The summed E-state index contributed by atoms with van der Waals surface area (Å²) in [6.07, 6.45) is -0.286. The summed E-state index contributed by atoms with van der Waals surface area (Å²) in [6, 6.07) is 0. The minimum Gasteiger partial charge on any atom is -0.460 e. The summed E-state index contributed by atoms with van der Waals surface area (Å²) in [5.74, 6) is -0.474. The topological polar surface area (TPSA) is 55.4 Å². The largest absolute Gasteiger partial charge is 0.460 e. The molecular formula is C7H12BrNO3. The van der Waals surface area contributed by atoms with Gasteiger partial charge in [0.1, 0.15) is 6.10 Å². The first-order chi connectivity index (χ1) is 5.56. The monoisotopic (exact) mass is 237 g/mol. The lowest BCUT2D eigenvalue weighted by Crippen LogP contribution is -2.34. The van der Waals surface area contributed by atoms with Crippen molar-refractivity contribution in [2.45, 2.75) is 20.0 Å². The van der Waals surface area contributed by atoms with Gasteiger partial charge in [0, 0.05) is 19.2 Å². The molecule has 0 aliphatic carbocycles. The standard InChI is InChI=1S/C7H12BrNO3/c1-5(10)9-4-7(3-8)12-6(2)11/h7H,3-4H2,1-2H3,(H,9,10)/t7-/m1/s1. The molecule has 0 unspecified atom stereocenters. The van der Waals surface area contributed by atoms with Crippen LogP contribution >= 0.6 is 15.9 Å². The third-order valence-electron chi connectivity index (χ3n) is 1.08. The number of halogens is 1. The highest BCUT2D eigenvalue weighted by atomic mass is 79.9. The lowest BCUT2D eigenvalue weighted by molar-refractivity contribution is -0.145. The van der Waals surface area contributed by atoms with Crippen molar-refractivity contribution in [1.82, 2.24) is 5.32 Å².